The Balaban J connectivity index is 2.36. The molecule has 0 bridgehead atoms. The molecule has 2 N–H and O–H groups in total. The number of nitro benzene ring substituents is 1. The Hall–Kier alpha value is -1.04. The molecule has 1 heterocycles. The first-order valence-corrected chi connectivity index (χ1v) is 7.33. The fourth-order valence-corrected chi connectivity index (χ4v) is 2.94. The Morgan fingerprint density at radius 1 is 1.45 bits per heavy atom. The zero-order valence-electron chi connectivity index (χ0n) is 11.2. The summed E-state index contributed by atoms with van der Waals surface area (Å²) in [5.41, 5.74) is 6.59. The van der Waals surface area contributed by atoms with E-state index in [0.29, 0.717) is 29.7 Å². The third kappa shape index (κ3) is 3.00. The minimum atomic E-state index is -0.424. The van der Waals surface area contributed by atoms with Gasteiger partial charge in [-0.3, -0.25) is 10.1 Å². The fourth-order valence-electron chi connectivity index (χ4n) is 2.63. The smallest absolute Gasteiger partial charge is 0.294 e. The Labute approximate surface area is 127 Å². The highest BCUT2D eigenvalue weighted by atomic mass is 35.5. The Morgan fingerprint density at radius 3 is 2.70 bits per heavy atom. The number of rotatable bonds is 3. The quantitative estimate of drug-likeness (QED) is 0.684. The molecule has 110 valence electrons. The molecule has 1 aromatic rings. The van der Waals surface area contributed by atoms with Crippen LogP contribution >= 0.6 is 23.2 Å². The lowest BCUT2D eigenvalue weighted by Crippen LogP contribution is -2.47. The van der Waals surface area contributed by atoms with Crippen molar-refractivity contribution >= 4 is 34.6 Å². The van der Waals surface area contributed by atoms with Crippen LogP contribution in [0.4, 0.5) is 11.4 Å². The van der Waals surface area contributed by atoms with Gasteiger partial charge in [0, 0.05) is 25.2 Å². The van der Waals surface area contributed by atoms with Crippen LogP contribution in [0, 0.1) is 16.0 Å². The molecule has 0 aromatic heterocycles. The van der Waals surface area contributed by atoms with Gasteiger partial charge >= 0.3 is 0 Å². The predicted octanol–water partition coefficient (Wildman–Crippen LogP) is 3.47. The molecule has 1 aliphatic heterocycles. The van der Waals surface area contributed by atoms with Crippen molar-refractivity contribution in [2.45, 2.75) is 25.8 Å². The maximum atomic E-state index is 11.2. The molecule has 2 unspecified atom stereocenters. The number of piperidine rings is 1. The first-order chi connectivity index (χ1) is 9.43. The molecule has 1 fully saturated rings. The van der Waals surface area contributed by atoms with Crippen LogP contribution in [0.25, 0.3) is 0 Å². The number of hydrogen-bond donors (Lipinski definition) is 1. The van der Waals surface area contributed by atoms with Crippen molar-refractivity contribution in [3.8, 4) is 0 Å². The molecular formula is C13H17Cl2N3O2. The highest BCUT2D eigenvalue weighted by Crippen LogP contribution is 2.38. The van der Waals surface area contributed by atoms with E-state index in [1.165, 1.54) is 6.07 Å². The summed E-state index contributed by atoms with van der Waals surface area (Å²) in [4.78, 5) is 12.8. The van der Waals surface area contributed by atoms with E-state index in [2.05, 4.69) is 6.92 Å². The second kappa shape index (κ2) is 6.16. The van der Waals surface area contributed by atoms with Gasteiger partial charge in [-0.2, -0.15) is 0 Å². The average molecular weight is 318 g/mol. The Morgan fingerprint density at radius 2 is 2.10 bits per heavy atom. The fraction of sp³-hybridized carbons (Fsp3) is 0.538. The molecule has 2 atom stereocenters. The van der Waals surface area contributed by atoms with E-state index < -0.39 is 4.92 Å². The van der Waals surface area contributed by atoms with Crippen LogP contribution in [-0.2, 0) is 0 Å². The first-order valence-electron chi connectivity index (χ1n) is 6.58. The molecule has 2 rings (SSSR count). The molecule has 0 radical (unpaired) electrons. The summed E-state index contributed by atoms with van der Waals surface area (Å²) >= 11 is 11.9. The largest absolute Gasteiger partial charge is 0.366 e. The van der Waals surface area contributed by atoms with E-state index in [-0.39, 0.29) is 16.8 Å². The van der Waals surface area contributed by atoms with Gasteiger partial charge in [-0.1, -0.05) is 36.5 Å². The normalized spacial score (nSPS) is 22.9. The van der Waals surface area contributed by atoms with E-state index in [1.807, 2.05) is 4.90 Å². The molecule has 7 heteroatoms. The predicted molar refractivity (Wildman–Crippen MR) is 81.7 cm³/mol. The maximum absolute atomic E-state index is 11.2. The number of hydrogen-bond acceptors (Lipinski definition) is 4. The minimum absolute atomic E-state index is 0.00951. The van der Waals surface area contributed by atoms with Crippen LogP contribution in [-0.4, -0.2) is 24.1 Å². The maximum Gasteiger partial charge on any atom is 0.294 e. The highest BCUT2D eigenvalue weighted by Gasteiger charge is 2.29. The summed E-state index contributed by atoms with van der Waals surface area (Å²) in [6.07, 6.45) is 1.77. The third-order valence-electron chi connectivity index (χ3n) is 3.87. The van der Waals surface area contributed by atoms with Crippen molar-refractivity contribution in [3.63, 3.8) is 0 Å². The van der Waals surface area contributed by atoms with Gasteiger partial charge in [-0.05, 0) is 18.4 Å². The van der Waals surface area contributed by atoms with Gasteiger partial charge in [0.05, 0.1) is 15.0 Å². The van der Waals surface area contributed by atoms with Crippen molar-refractivity contribution in [2.24, 2.45) is 11.7 Å². The van der Waals surface area contributed by atoms with E-state index in [0.717, 1.165) is 12.8 Å². The molecule has 0 amide bonds. The van der Waals surface area contributed by atoms with E-state index >= 15 is 0 Å². The van der Waals surface area contributed by atoms with Crippen LogP contribution in [0.5, 0.6) is 0 Å². The van der Waals surface area contributed by atoms with Crippen molar-refractivity contribution in [2.75, 3.05) is 18.0 Å². The number of anilines is 1. The lowest BCUT2D eigenvalue weighted by Gasteiger charge is -2.37. The SMILES string of the molecule is CCC1CN(c2cc(Cl)c(Cl)cc2[N+](=O)[O-])CCC1N. The van der Waals surface area contributed by atoms with Gasteiger partial charge in [0.1, 0.15) is 5.69 Å². The number of nitrogens with two attached hydrogens (primary N) is 1. The summed E-state index contributed by atoms with van der Waals surface area (Å²) in [6, 6.07) is 3.04. The van der Waals surface area contributed by atoms with Crippen LogP contribution in [0.2, 0.25) is 10.0 Å². The second-order valence-electron chi connectivity index (χ2n) is 5.08. The highest BCUT2D eigenvalue weighted by molar-refractivity contribution is 6.42. The minimum Gasteiger partial charge on any atom is -0.366 e. The molecule has 20 heavy (non-hydrogen) atoms. The summed E-state index contributed by atoms with van der Waals surface area (Å²) in [6.45, 7) is 3.48. The second-order valence-corrected chi connectivity index (χ2v) is 5.89. The lowest BCUT2D eigenvalue weighted by atomic mass is 9.90. The molecule has 1 saturated heterocycles. The van der Waals surface area contributed by atoms with E-state index in [4.69, 9.17) is 28.9 Å². The van der Waals surface area contributed by atoms with Gasteiger partial charge < -0.3 is 10.6 Å². The van der Waals surface area contributed by atoms with Gasteiger partial charge in [0.25, 0.3) is 5.69 Å². The standard InChI is InChI=1S/C13H17Cl2N3O2/c1-2-8-7-17(4-3-11(8)16)12-5-9(14)10(15)6-13(12)18(19)20/h5-6,8,11H,2-4,7,16H2,1H3. The van der Waals surface area contributed by atoms with Crippen molar-refractivity contribution in [1.82, 2.24) is 0 Å². The number of halogens is 2. The molecule has 0 saturated carbocycles. The zero-order valence-corrected chi connectivity index (χ0v) is 12.7. The van der Waals surface area contributed by atoms with E-state index in [1.54, 1.807) is 6.07 Å². The monoisotopic (exact) mass is 317 g/mol. The number of nitro groups is 1. The topological polar surface area (TPSA) is 72.4 Å². The zero-order chi connectivity index (χ0) is 14.9. The van der Waals surface area contributed by atoms with Crippen LogP contribution in [0.15, 0.2) is 12.1 Å². The van der Waals surface area contributed by atoms with Gasteiger partial charge in [-0.25, -0.2) is 0 Å². The van der Waals surface area contributed by atoms with Crippen molar-refractivity contribution in [1.29, 1.82) is 0 Å². The van der Waals surface area contributed by atoms with Crippen molar-refractivity contribution < 1.29 is 4.92 Å². The number of benzene rings is 1. The van der Waals surface area contributed by atoms with Gasteiger partial charge in [0.15, 0.2) is 0 Å². The van der Waals surface area contributed by atoms with Crippen molar-refractivity contribution in [3.05, 3.63) is 32.3 Å². The first kappa shape index (κ1) is 15.4. The van der Waals surface area contributed by atoms with E-state index in [9.17, 15) is 10.1 Å². The van der Waals surface area contributed by atoms with Crippen LogP contribution in [0.1, 0.15) is 19.8 Å². The van der Waals surface area contributed by atoms with Gasteiger partial charge in [-0.15, -0.1) is 0 Å². The molecule has 1 aliphatic rings. The summed E-state index contributed by atoms with van der Waals surface area (Å²) < 4.78 is 0. The molecule has 5 nitrogen and oxygen atoms in total. The summed E-state index contributed by atoms with van der Waals surface area (Å²) in [5.74, 6) is 0.331. The van der Waals surface area contributed by atoms with Gasteiger partial charge in [0.2, 0.25) is 0 Å². The summed E-state index contributed by atoms with van der Waals surface area (Å²) in [7, 11) is 0. The Kier molecular flexibility index (Phi) is 4.73. The lowest BCUT2D eigenvalue weighted by molar-refractivity contribution is -0.384. The average Bonchev–Trinajstić information content (AvgIpc) is 2.41. The number of nitrogens with zero attached hydrogens (tertiary/aromatic N) is 2. The molecule has 1 aromatic carbocycles. The molecule has 0 aliphatic carbocycles. The summed E-state index contributed by atoms with van der Waals surface area (Å²) in [5, 5.41) is 11.7. The van der Waals surface area contributed by atoms with Crippen LogP contribution in [0.3, 0.4) is 0 Å². The molecule has 0 spiro atoms. The molecular weight excluding hydrogens is 301 g/mol. The Bertz CT molecular complexity index is 525. The third-order valence-corrected chi connectivity index (χ3v) is 4.59. The van der Waals surface area contributed by atoms with Crippen LogP contribution < -0.4 is 10.6 Å².